The molecule has 0 fully saturated rings. The summed E-state index contributed by atoms with van der Waals surface area (Å²) in [4.78, 5) is 19.1. The maximum absolute atomic E-state index is 13.8. The first kappa shape index (κ1) is 21.1. The first-order valence-electron chi connectivity index (χ1n) is 8.01. The molecule has 0 unspecified atom stereocenters. The number of carbonyl (C=O) groups excluding carboxylic acids is 1. The summed E-state index contributed by atoms with van der Waals surface area (Å²) in [6.07, 6.45) is -2.08. The molecule has 1 aromatic carbocycles. The number of nitrogens with one attached hydrogen (secondary N) is 1. The van der Waals surface area contributed by atoms with Gasteiger partial charge >= 0.3 is 6.18 Å². The van der Waals surface area contributed by atoms with Crippen LogP contribution in [0.4, 0.5) is 23.4 Å². The van der Waals surface area contributed by atoms with Gasteiger partial charge in [0.2, 0.25) is 5.91 Å². The Kier molecular flexibility index (Phi) is 6.38. The first-order valence-corrected chi connectivity index (χ1v) is 9.38. The first-order chi connectivity index (χ1) is 13.7. The number of hydrogen-bond acceptors (Lipinski definition) is 5. The predicted molar refractivity (Wildman–Crippen MR) is 99.1 cm³/mol. The van der Waals surface area contributed by atoms with Gasteiger partial charge in [-0.15, -0.1) is 0 Å². The summed E-state index contributed by atoms with van der Waals surface area (Å²) in [5.74, 6) is -0.998. The molecule has 1 N–H and O–H groups in total. The van der Waals surface area contributed by atoms with Gasteiger partial charge in [0.05, 0.1) is 12.3 Å². The van der Waals surface area contributed by atoms with E-state index < -0.39 is 23.6 Å². The molecule has 2 aromatic heterocycles. The van der Waals surface area contributed by atoms with E-state index in [-0.39, 0.29) is 33.9 Å². The molecule has 29 heavy (non-hydrogen) atoms. The second-order valence-electron chi connectivity index (χ2n) is 5.66. The lowest BCUT2D eigenvalue weighted by atomic mass is 10.2. The Morgan fingerprint density at radius 3 is 2.76 bits per heavy atom. The zero-order chi connectivity index (χ0) is 21.0. The molecule has 0 saturated heterocycles. The third-order valence-corrected chi connectivity index (χ3v) is 4.76. The van der Waals surface area contributed by atoms with Crippen LogP contribution in [0.3, 0.4) is 0 Å². The number of hydrogen-bond donors (Lipinski definition) is 1. The van der Waals surface area contributed by atoms with Gasteiger partial charge in [0.15, 0.2) is 11.0 Å². The Morgan fingerprint density at radius 1 is 1.24 bits per heavy atom. The van der Waals surface area contributed by atoms with E-state index in [0.717, 1.165) is 24.0 Å². The van der Waals surface area contributed by atoms with E-state index in [1.54, 1.807) is 6.07 Å². The van der Waals surface area contributed by atoms with Gasteiger partial charge in [-0.1, -0.05) is 29.4 Å². The van der Waals surface area contributed by atoms with Crippen molar-refractivity contribution in [1.82, 2.24) is 19.7 Å². The van der Waals surface area contributed by atoms with E-state index in [4.69, 9.17) is 11.6 Å². The molecule has 0 spiro atoms. The van der Waals surface area contributed by atoms with E-state index in [1.807, 2.05) is 0 Å². The molecular formula is C17H12ClF4N5OS. The monoisotopic (exact) mass is 445 g/mol. The summed E-state index contributed by atoms with van der Waals surface area (Å²) in [6.45, 7) is 0.0637. The lowest BCUT2D eigenvalue weighted by Gasteiger charge is -2.07. The highest BCUT2D eigenvalue weighted by molar-refractivity contribution is 7.99. The highest BCUT2D eigenvalue weighted by Crippen LogP contribution is 2.28. The van der Waals surface area contributed by atoms with Gasteiger partial charge in [-0.3, -0.25) is 9.48 Å². The molecule has 0 radical (unpaired) electrons. The molecule has 12 heteroatoms. The fourth-order valence-corrected chi connectivity index (χ4v) is 3.09. The van der Waals surface area contributed by atoms with Crippen molar-refractivity contribution in [3.05, 3.63) is 64.8 Å². The molecule has 0 aliphatic carbocycles. The van der Waals surface area contributed by atoms with Crippen LogP contribution in [0, 0.1) is 5.82 Å². The van der Waals surface area contributed by atoms with E-state index in [1.165, 1.54) is 29.1 Å². The standard InChI is InChI=1S/C17H12ClF4N5OS/c18-11-2-1-3-12(19)10(11)8-27-7-5-14(26-27)25-15(28)9-29-16-23-6-4-13(24-16)17(20,21)22/h1-7H,8-9H2,(H,25,26,28). The molecule has 0 saturated carbocycles. The number of carbonyl (C=O) groups is 1. The topological polar surface area (TPSA) is 72.7 Å². The average molecular weight is 446 g/mol. The minimum atomic E-state index is -4.59. The smallest absolute Gasteiger partial charge is 0.308 e. The number of aromatic nitrogens is 4. The third kappa shape index (κ3) is 5.67. The van der Waals surface area contributed by atoms with Crippen molar-refractivity contribution in [1.29, 1.82) is 0 Å². The zero-order valence-corrected chi connectivity index (χ0v) is 16.0. The predicted octanol–water partition coefficient (Wildman–Crippen LogP) is 4.26. The minimum absolute atomic E-state index is 0.0637. The zero-order valence-electron chi connectivity index (χ0n) is 14.5. The SMILES string of the molecule is O=C(CSc1nccc(C(F)(F)F)n1)Nc1ccn(Cc2c(F)cccc2Cl)n1. The second-order valence-corrected chi connectivity index (χ2v) is 7.01. The molecule has 0 bridgehead atoms. The summed E-state index contributed by atoms with van der Waals surface area (Å²) in [5.41, 5.74) is -0.826. The number of anilines is 1. The quantitative estimate of drug-likeness (QED) is 0.348. The van der Waals surface area contributed by atoms with Crippen LogP contribution in [-0.2, 0) is 17.5 Å². The summed E-state index contributed by atoms with van der Waals surface area (Å²) >= 11 is 6.73. The van der Waals surface area contributed by atoms with Crippen LogP contribution in [0.15, 0.2) is 47.9 Å². The molecule has 3 rings (SSSR count). The molecule has 0 aliphatic heterocycles. The van der Waals surface area contributed by atoms with Gasteiger partial charge in [0, 0.05) is 29.0 Å². The Labute approximate surface area is 171 Å². The Balaban J connectivity index is 1.57. The van der Waals surface area contributed by atoms with Crippen LogP contribution < -0.4 is 5.32 Å². The Hall–Kier alpha value is -2.66. The maximum atomic E-state index is 13.8. The average Bonchev–Trinajstić information content (AvgIpc) is 3.10. The fourth-order valence-electron chi connectivity index (χ4n) is 2.24. The van der Waals surface area contributed by atoms with Crippen LogP contribution in [0.2, 0.25) is 5.02 Å². The van der Waals surface area contributed by atoms with Crippen molar-refractivity contribution in [2.75, 3.05) is 11.1 Å². The fraction of sp³-hybridized carbons (Fsp3) is 0.176. The lowest BCUT2D eigenvalue weighted by molar-refractivity contribution is -0.141. The molecule has 0 aliphatic rings. The van der Waals surface area contributed by atoms with E-state index in [0.29, 0.717) is 0 Å². The number of benzene rings is 1. The molecule has 6 nitrogen and oxygen atoms in total. The van der Waals surface area contributed by atoms with Crippen molar-refractivity contribution in [3.63, 3.8) is 0 Å². The molecule has 0 atom stereocenters. The molecule has 1 amide bonds. The number of amides is 1. The molecule has 152 valence electrons. The molecule has 2 heterocycles. The maximum Gasteiger partial charge on any atom is 0.433 e. The van der Waals surface area contributed by atoms with E-state index in [9.17, 15) is 22.4 Å². The number of alkyl halides is 3. The van der Waals surface area contributed by atoms with Gasteiger partial charge in [0.25, 0.3) is 0 Å². The molecular weight excluding hydrogens is 434 g/mol. The highest BCUT2D eigenvalue weighted by atomic mass is 35.5. The number of nitrogens with zero attached hydrogens (tertiary/aromatic N) is 4. The lowest BCUT2D eigenvalue weighted by Crippen LogP contribution is -2.15. The van der Waals surface area contributed by atoms with Crippen LogP contribution >= 0.6 is 23.4 Å². The number of thioether (sulfide) groups is 1. The largest absolute Gasteiger partial charge is 0.433 e. The summed E-state index contributed by atoms with van der Waals surface area (Å²) < 4.78 is 53.2. The van der Waals surface area contributed by atoms with Gasteiger partial charge in [0.1, 0.15) is 11.5 Å². The van der Waals surface area contributed by atoms with Crippen molar-refractivity contribution >= 4 is 35.1 Å². The second kappa shape index (κ2) is 8.78. The van der Waals surface area contributed by atoms with Crippen molar-refractivity contribution in [3.8, 4) is 0 Å². The summed E-state index contributed by atoms with van der Waals surface area (Å²) in [5, 5.41) is 6.68. The van der Waals surface area contributed by atoms with Crippen LogP contribution in [0.5, 0.6) is 0 Å². The summed E-state index contributed by atoms with van der Waals surface area (Å²) in [7, 11) is 0. The molecule has 3 aromatic rings. The number of rotatable bonds is 6. The minimum Gasteiger partial charge on any atom is -0.308 e. The van der Waals surface area contributed by atoms with Gasteiger partial charge in [-0.2, -0.15) is 18.3 Å². The van der Waals surface area contributed by atoms with Crippen molar-refractivity contribution < 1.29 is 22.4 Å². The van der Waals surface area contributed by atoms with Crippen LogP contribution in [0.1, 0.15) is 11.3 Å². The third-order valence-electron chi connectivity index (χ3n) is 3.55. The van der Waals surface area contributed by atoms with Gasteiger partial charge in [-0.05, 0) is 18.2 Å². The highest BCUT2D eigenvalue weighted by Gasteiger charge is 2.32. The van der Waals surface area contributed by atoms with Crippen molar-refractivity contribution in [2.24, 2.45) is 0 Å². The normalized spacial score (nSPS) is 11.5. The summed E-state index contributed by atoms with van der Waals surface area (Å²) in [6, 6.07) is 6.57. The van der Waals surface area contributed by atoms with Crippen molar-refractivity contribution in [2.45, 2.75) is 17.9 Å². The van der Waals surface area contributed by atoms with E-state index >= 15 is 0 Å². The Morgan fingerprint density at radius 2 is 2.03 bits per heavy atom. The van der Waals surface area contributed by atoms with Crippen LogP contribution in [0.25, 0.3) is 0 Å². The number of halogens is 5. The van der Waals surface area contributed by atoms with E-state index in [2.05, 4.69) is 20.4 Å². The van der Waals surface area contributed by atoms with Gasteiger partial charge in [-0.25, -0.2) is 14.4 Å². The Bertz CT molecular complexity index is 1010. The van der Waals surface area contributed by atoms with Gasteiger partial charge < -0.3 is 5.32 Å². The van der Waals surface area contributed by atoms with Crippen LogP contribution in [-0.4, -0.2) is 31.4 Å².